The van der Waals surface area contributed by atoms with Crippen molar-refractivity contribution in [2.24, 2.45) is 0 Å². The van der Waals surface area contributed by atoms with Crippen LogP contribution in [0.2, 0.25) is 0 Å². The lowest BCUT2D eigenvalue weighted by Gasteiger charge is -2.34. The van der Waals surface area contributed by atoms with Crippen molar-refractivity contribution in [1.29, 1.82) is 0 Å². The van der Waals surface area contributed by atoms with Crippen LogP contribution in [-0.2, 0) is 16.6 Å². The Bertz CT molecular complexity index is 642. The van der Waals surface area contributed by atoms with Crippen LogP contribution in [0.15, 0.2) is 33.3 Å². The Balaban J connectivity index is 0.00000208. The fraction of sp³-hybridized carbons (Fsp3) is 0.529. The van der Waals surface area contributed by atoms with Crippen LogP contribution in [0.5, 0.6) is 0 Å². The molecule has 1 aromatic heterocycles. The highest BCUT2D eigenvalue weighted by Gasteiger charge is 2.41. The van der Waals surface area contributed by atoms with Gasteiger partial charge in [0.05, 0.1) is 5.41 Å². The molecule has 7 heteroatoms. The second-order valence-corrected chi connectivity index (χ2v) is 7.03. The lowest BCUT2D eigenvalue weighted by atomic mass is 9.74. The molecule has 1 aliphatic heterocycles. The first-order valence-electron chi connectivity index (χ1n) is 7.98. The number of likely N-dealkylation sites (N-methyl/N-ethyl adjacent to an activating group) is 1. The molecule has 1 aromatic carbocycles. The van der Waals surface area contributed by atoms with Gasteiger partial charge in [0.2, 0.25) is 5.89 Å². The van der Waals surface area contributed by atoms with Gasteiger partial charge in [-0.05, 0) is 44.5 Å². The van der Waals surface area contributed by atoms with Gasteiger partial charge in [0.1, 0.15) is 0 Å². The number of ether oxygens (including phenoxy) is 1. The number of hydrogen-bond acceptors (Lipinski definition) is 5. The molecule has 0 amide bonds. The number of aromatic nitrogens is 2. The third-order valence-electron chi connectivity index (χ3n) is 4.60. The normalized spacial score (nSPS) is 18.0. The molecular formula is C17H23BrClN3O2. The van der Waals surface area contributed by atoms with Crippen LogP contribution in [0.4, 0.5) is 0 Å². The molecule has 2 aromatic rings. The predicted molar refractivity (Wildman–Crippen MR) is 98.7 cm³/mol. The highest BCUT2D eigenvalue weighted by atomic mass is 79.9. The molecule has 1 fully saturated rings. The highest BCUT2D eigenvalue weighted by Crippen LogP contribution is 2.40. The monoisotopic (exact) mass is 415 g/mol. The predicted octanol–water partition coefficient (Wildman–Crippen LogP) is 3.50. The molecular weight excluding hydrogens is 394 g/mol. The Morgan fingerprint density at radius 1 is 1.25 bits per heavy atom. The lowest BCUT2D eigenvalue weighted by molar-refractivity contribution is 0.0523. The summed E-state index contributed by atoms with van der Waals surface area (Å²) in [4.78, 5) is 4.71. The van der Waals surface area contributed by atoms with Gasteiger partial charge >= 0.3 is 0 Å². The molecule has 1 aliphatic rings. The maximum absolute atomic E-state index is 5.68. The molecule has 0 saturated carbocycles. The van der Waals surface area contributed by atoms with E-state index in [1.807, 2.05) is 7.05 Å². The van der Waals surface area contributed by atoms with Crippen molar-refractivity contribution >= 4 is 28.3 Å². The molecule has 1 atom stereocenters. The quantitative estimate of drug-likeness (QED) is 0.808. The summed E-state index contributed by atoms with van der Waals surface area (Å²) in [7, 11) is 1.94. The fourth-order valence-electron chi connectivity index (χ4n) is 3.02. The van der Waals surface area contributed by atoms with Gasteiger partial charge in [0, 0.05) is 30.1 Å². The Kier molecular flexibility index (Phi) is 6.80. The van der Waals surface area contributed by atoms with Crippen LogP contribution in [0, 0.1) is 0 Å². The summed E-state index contributed by atoms with van der Waals surface area (Å²) in [5.41, 5.74) is 0.966. The second kappa shape index (κ2) is 8.43. The lowest BCUT2D eigenvalue weighted by Crippen LogP contribution is -2.35. The molecule has 5 nitrogen and oxygen atoms in total. The molecule has 2 heterocycles. The molecule has 3 rings (SSSR count). The molecule has 1 unspecified atom stereocenters. The van der Waals surface area contributed by atoms with E-state index < -0.39 is 0 Å². The standard InChI is InChI=1S/C17H22BrN3O2.ClH/c1-12(19-2)11-15-20-16(23-21-15)17(7-9-22-10-8-17)13-3-5-14(18)6-4-13;/h3-6,12,19H,7-11H2,1-2H3;1H. The average molecular weight is 417 g/mol. The van der Waals surface area contributed by atoms with Crippen LogP contribution in [-0.4, -0.2) is 36.4 Å². The maximum Gasteiger partial charge on any atom is 0.237 e. The summed E-state index contributed by atoms with van der Waals surface area (Å²) < 4.78 is 12.3. The van der Waals surface area contributed by atoms with Crippen LogP contribution in [0.25, 0.3) is 0 Å². The molecule has 24 heavy (non-hydrogen) atoms. The largest absolute Gasteiger partial charge is 0.381 e. The first kappa shape index (κ1) is 19.4. The Morgan fingerprint density at radius 2 is 1.92 bits per heavy atom. The molecule has 0 aliphatic carbocycles. The van der Waals surface area contributed by atoms with Gasteiger partial charge in [-0.1, -0.05) is 33.2 Å². The SMILES string of the molecule is CNC(C)Cc1noc(C2(c3ccc(Br)cc3)CCOCC2)n1.Cl. The summed E-state index contributed by atoms with van der Waals surface area (Å²) in [5, 5.41) is 7.39. The summed E-state index contributed by atoms with van der Waals surface area (Å²) in [6, 6.07) is 8.71. The van der Waals surface area contributed by atoms with E-state index in [4.69, 9.17) is 14.2 Å². The van der Waals surface area contributed by atoms with Crippen LogP contribution < -0.4 is 5.32 Å². The molecule has 1 N–H and O–H groups in total. The number of halogens is 2. The van der Waals surface area contributed by atoms with Crippen LogP contribution in [0.1, 0.15) is 37.0 Å². The van der Waals surface area contributed by atoms with Crippen LogP contribution >= 0.6 is 28.3 Å². The van der Waals surface area contributed by atoms with E-state index in [0.29, 0.717) is 25.1 Å². The number of nitrogens with zero attached hydrogens (tertiary/aromatic N) is 2. The number of nitrogens with one attached hydrogen (secondary N) is 1. The minimum Gasteiger partial charge on any atom is -0.381 e. The molecule has 0 bridgehead atoms. The minimum absolute atomic E-state index is 0. The second-order valence-electron chi connectivity index (χ2n) is 6.11. The fourth-order valence-corrected chi connectivity index (χ4v) is 3.29. The first-order valence-corrected chi connectivity index (χ1v) is 8.77. The number of rotatable bonds is 5. The van der Waals surface area contributed by atoms with Crippen molar-refractivity contribution in [3.63, 3.8) is 0 Å². The molecule has 1 saturated heterocycles. The zero-order valence-electron chi connectivity index (χ0n) is 13.9. The van der Waals surface area contributed by atoms with Gasteiger partial charge in [-0.15, -0.1) is 12.4 Å². The van der Waals surface area contributed by atoms with E-state index in [1.54, 1.807) is 0 Å². The average Bonchev–Trinajstić information content (AvgIpc) is 3.05. The topological polar surface area (TPSA) is 60.2 Å². The molecule has 0 spiro atoms. The zero-order chi connectivity index (χ0) is 16.3. The van der Waals surface area contributed by atoms with E-state index >= 15 is 0 Å². The summed E-state index contributed by atoms with van der Waals surface area (Å²) in [6.45, 7) is 3.52. The maximum atomic E-state index is 5.68. The van der Waals surface area contributed by atoms with Gasteiger partial charge in [0.25, 0.3) is 0 Å². The first-order chi connectivity index (χ1) is 11.1. The Labute approximate surface area is 157 Å². The molecule has 0 radical (unpaired) electrons. The summed E-state index contributed by atoms with van der Waals surface area (Å²) in [5.74, 6) is 1.46. The van der Waals surface area contributed by atoms with Crippen molar-refractivity contribution in [3.8, 4) is 0 Å². The van der Waals surface area contributed by atoms with E-state index in [1.165, 1.54) is 5.56 Å². The van der Waals surface area contributed by atoms with Gasteiger partial charge in [-0.2, -0.15) is 4.98 Å². The van der Waals surface area contributed by atoms with Crippen molar-refractivity contribution < 1.29 is 9.26 Å². The Morgan fingerprint density at radius 3 is 2.54 bits per heavy atom. The third-order valence-corrected chi connectivity index (χ3v) is 5.13. The number of hydrogen-bond donors (Lipinski definition) is 1. The van der Waals surface area contributed by atoms with Gasteiger partial charge in [-0.3, -0.25) is 0 Å². The zero-order valence-corrected chi connectivity index (χ0v) is 16.3. The van der Waals surface area contributed by atoms with Gasteiger partial charge in [0.15, 0.2) is 5.82 Å². The van der Waals surface area contributed by atoms with Crippen molar-refractivity contribution in [2.75, 3.05) is 20.3 Å². The summed E-state index contributed by atoms with van der Waals surface area (Å²) in [6.07, 6.45) is 2.47. The smallest absolute Gasteiger partial charge is 0.237 e. The van der Waals surface area contributed by atoms with E-state index in [-0.39, 0.29) is 17.8 Å². The minimum atomic E-state index is -0.243. The van der Waals surface area contributed by atoms with E-state index in [9.17, 15) is 0 Å². The van der Waals surface area contributed by atoms with E-state index in [0.717, 1.165) is 29.6 Å². The van der Waals surface area contributed by atoms with Crippen LogP contribution in [0.3, 0.4) is 0 Å². The van der Waals surface area contributed by atoms with Gasteiger partial charge in [-0.25, -0.2) is 0 Å². The highest BCUT2D eigenvalue weighted by molar-refractivity contribution is 9.10. The molecule has 132 valence electrons. The number of benzene rings is 1. The summed E-state index contributed by atoms with van der Waals surface area (Å²) >= 11 is 3.50. The van der Waals surface area contributed by atoms with E-state index in [2.05, 4.69) is 57.6 Å². The van der Waals surface area contributed by atoms with Crippen molar-refractivity contribution in [3.05, 3.63) is 46.0 Å². The van der Waals surface area contributed by atoms with Crippen molar-refractivity contribution in [2.45, 2.75) is 37.6 Å². The van der Waals surface area contributed by atoms with Gasteiger partial charge < -0.3 is 14.6 Å². The van der Waals surface area contributed by atoms with Crippen molar-refractivity contribution in [1.82, 2.24) is 15.5 Å². The Hall–Kier alpha value is -0.950. The third kappa shape index (κ3) is 3.99.